The Hall–Kier alpha value is -3.07. The second-order valence-corrected chi connectivity index (χ2v) is 6.31. The zero-order chi connectivity index (χ0) is 19.1. The largest absolute Gasteiger partial charge is 0.497 e. The van der Waals surface area contributed by atoms with Crippen LogP contribution in [0.25, 0.3) is 5.69 Å². The molecule has 2 aromatic carbocycles. The van der Waals surface area contributed by atoms with Crippen molar-refractivity contribution in [1.82, 2.24) is 20.2 Å². The second kappa shape index (κ2) is 9.04. The Morgan fingerprint density at radius 3 is 2.48 bits per heavy atom. The van der Waals surface area contributed by atoms with Crippen LogP contribution in [0.2, 0.25) is 0 Å². The maximum absolute atomic E-state index is 12.2. The molecule has 3 rings (SSSR count). The lowest BCUT2D eigenvalue weighted by Crippen LogP contribution is -2.14. The monoisotopic (exact) mass is 385 g/mol. The molecule has 0 aliphatic rings. The van der Waals surface area contributed by atoms with E-state index in [0.29, 0.717) is 17.5 Å². The Morgan fingerprint density at radius 1 is 1.11 bits per heavy atom. The number of benzene rings is 2. The number of thioether (sulfide) groups is 1. The van der Waals surface area contributed by atoms with E-state index in [1.54, 1.807) is 23.9 Å². The fraction of sp³-hybridized carbons (Fsp3) is 0.222. The third kappa shape index (κ3) is 4.98. The van der Waals surface area contributed by atoms with Crippen molar-refractivity contribution in [2.45, 2.75) is 12.1 Å². The average Bonchev–Trinajstić information content (AvgIpc) is 3.17. The molecule has 0 spiro atoms. The smallest absolute Gasteiger partial charge is 0.234 e. The molecule has 1 heterocycles. The lowest BCUT2D eigenvalue weighted by atomic mass is 10.3. The molecule has 0 unspecified atom stereocenters. The molecule has 8 nitrogen and oxygen atoms in total. The van der Waals surface area contributed by atoms with Crippen molar-refractivity contribution in [3.05, 3.63) is 48.5 Å². The molecule has 0 fully saturated rings. The normalized spacial score (nSPS) is 10.4. The molecule has 3 aromatic rings. The zero-order valence-electron chi connectivity index (χ0n) is 15.0. The molecule has 1 amide bonds. The predicted molar refractivity (Wildman–Crippen MR) is 103 cm³/mol. The van der Waals surface area contributed by atoms with Gasteiger partial charge in [-0.2, -0.15) is 4.68 Å². The molecule has 0 saturated carbocycles. The third-order valence-electron chi connectivity index (χ3n) is 3.54. The lowest BCUT2D eigenvalue weighted by Gasteiger charge is -2.07. The van der Waals surface area contributed by atoms with Gasteiger partial charge in [-0.15, -0.1) is 5.10 Å². The highest BCUT2D eigenvalue weighted by molar-refractivity contribution is 7.99. The van der Waals surface area contributed by atoms with Crippen molar-refractivity contribution in [2.75, 3.05) is 24.8 Å². The molecule has 0 aliphatic carbocycles. The summed E-state index contributed by atoms with van der Waals surface area (Å²) in [4.78, 5) is 12.2. The summed E-state index contributed by atoms with van der Waals surface area (Å²) < 4.78 is 12.1. The van der Waals surface area contributed by atoms with Gasteiger partial charge in [0, 0.05) is 5.69 Å². The summed E-state index contributed by atoms with van der Waals surface area (Å²) in [5.74, 6) is 1.55. The van der Waals surface area contributed by atoms with Crippen LogP contribution in [0.1, 0.15) is 6.92 Å². The highest BCUT2D eigenvalue weighted by Gasteiger charge is 2.12. The number of hydrogen-bond acceptors (Lipinski definition) is 7. The molecular formula is C18H19N5O3S. The Kier molecular flexibility index (Phi) is 6.26. The van der Waals surface area contributed by atoms with Gasteiger partial charge in [-0.25, -0.2) is 0 Å². The minimum atomic E-state index is -0.145. The Balaban J connectivity index is 1.58. The van der Waals surface area contributed by atoms with Crippen LogP contribution in [-0.4, -0.2) is 45.6 Å². The van der Waals surface area contributed by atoms with Crippen molar-refractivity contribution in [3.8, 4) is 17.2 Å². The maximum Gasteiger partial charge on any atom is 0.234 e. The number of aromatic nitrogens is 4. The molecule has 27 heavy (non-hydrogen) atoms. The maximum atomic E-state index is 12.2. The minimum absolute atomic E-state index is 0.145. The van der Waals surface area contributed by atoms with E-state index in [2.05, 4.69) is 20.8 Å². The standard InChI is InChI=1S/C18H19N5O3S/c1-3-26-16-8-4-13(5-9-16)19-17(24)12-27-18-20-21-22-23(18)14-6-10-15(25-2)11-7-14/h4-11H,3,12H2,1-2H3,(H,19,24). The van der Waals surface area contributed by atoms with Gasteiger partial charge in [0.25, 0.3) is 0 Å². The molecule has 0 saturated heterocycles. The van der Waals surface area contributed by atoms with Gasteiger partial charge in [-0.1, -0.05) is 11.8 Å². The van der Waals surface area contributed by atoms with E-state index in [9.17, 15) is 4.79 Å². The number of carbonyl (C=O) groups excluding carboxylic acids is 1. The number of amides is 1. The number of carbonyl (C=O) groups is 1. The molecule has 1 N–H and O–H groups in total. The fourth-order valence-electron chi connectivity index (χ4n) is 2.28. The Bertz CT molecular complexity index is 881. The van der Waals surface area contributed by atoms with Crippen molar-refractivity contribution >= 4 is 23.4 Å². The van der Waals surface area contributed by atoms with Gasteiger partial charge in [-0.3, -0.25) is 4.79 Å². The van der Waals surface area contributed by atoms with Crippen LogP contribution in [-0.2, 0) is 4.79 Å². The van der Waals surface area contributed by atoms with E-state index < -0.39 is 0 Å². The van der Waals surface area contributed by atoms with Crippen LogP contribution in [0.15, 0.2) is 53.7 Å². The van der Waals surface area contributed by atoms with Crippen LogP contribution in [0, 0.1) is 0 Å². The molecule has 0 aliphatic heterocycles. The van der Waals surface area contributed by atoms with Gasteiger partial charge in [0.15, 0.2) is 0 Å². The van der Waals surface area contributed by atoms with E-state index in [0.717, 1.165) is 17.2 Å². The van der Waals surface area contributed by atoms with E-state index in [1.807, 2.05) is 43.3 Å². The summed E-state index contributed by atoms with van der Waals surface area (Å²) in [7, 11) is 1.61. The van der Waals surface area contributed by atoms with Crippen molar-refractivity contribution in [2.24, 2.45) is 0 Å². The van der Waals surface area contributed by atoms with Gasteiger partial charge in [0.1, 0.15) is 11.5 Å². The quantitative estimate of drug-likeness (QED) is 0.596. The molecule has 0 atom stereocenters. The van der Waals surface area contributed by atoms with Crippen molar-refractivity contribution < 1.29 is 14.3 Å². The molecule has 140 valence electrons. The van der Waals surface area contributed by atoms with Crippen LogP contribution < -0.4 is 14.8 Å². The predicted octanol–water partition coefficient (Wildman–Crippen LogP) is 2.80. The summed E-state index contributed by atoms with van der Waals surface area (Å²) >= 11 is 1.26. The first-order chi connectivity index (χ1) is 13.2. The summed E-state index contributed by atoms with van der Waals surface area (Å²) in [6.07, 6.45) is 0. The van der Waals surface area contributed by atoms with Crippen LogP contribution in [0.4, 0.5) is 5.69 Å². The van der Waals surface area contributed by atoms with Crippen LogP contribution >= 0.6 is 11.8 Å². The number of tetrazole rings is 1. The number of hydrogen-bond donors (Lipinski definition) is 1. The topological polar surface area (TPSA) is 91.2 Å². The van der Waals surface area contributed by atoms with Gasteiger partial charge >= 0.3 is 0 Å². The average molecular weight is 385 g/mol. The van der Waals surface area contributed by atoms with Gasteiger partial charge in [0.2, 0.25) is 11.1 Å². The molecular weight excluding hydrogens is 366 g/mol. The van der Waals surface area contributed by atoms with Gasteiger partial charge in [-0.05, 0) is 65.9 Å². The fourth-order valence-corrected chi connectivity index (χ4v) is 2.97. The number of ether oxygens (including phenoxy) is 2. The first-order valence-electron chi connectivity index (χ1n) is 8.28. The molecule has 1 aromatic heterocycles. The SMILES string of the molecule is CCOc1ccc(NC(=O)CSc2nnnn2-c2ccc(OC)cc2)cc1. The third-order valence-corrected chi connectivity index (χ3v) is 4.46. The zero-order valence-corrected chi connectivity index (χ0v) is 15.8. The number of rotatable bonds is 8. The second-order valence-electron chi connectivity index (χ2n) is 5.37. The highest BCUT2D eigenvalue weighted by Crippen LogP contribution is 2.21. The van der Waals surface area contributed by atoms with Crippen LogP contribution in [0.5, 0.6) is 11.5 Å². The Morgan fingerprint density at radius 2 is 1.81 bits per heavy atom. The van der Waals surface area contributed by atoms with Crippen molar-refractivity contribution in [1.29, 1.82) is 0 Å². The summed E-state index contributed by atoms with van der Waals surface area (Å²) in [5, 5.41) is 15.0. The molecule has 0 bridgehead atoms. The Labute approximate surface area is 160 Å². The van der Waals surface area contributed by atoms with Gasteiger partial charge < -0.3 is 14.8 Å². The van der Waals surface area contributed by atoms with E-state index in [4.69, 9.17) is 9.47 Å². The highest BCUT2D eigenvalue weighted by atomic mass is 32.2. The summed E-state index contributed by atoms with van der Waals surface area (Å²) in [6, 6.07) is 14.6. The van der Waals surface area contributed by atoms with Crippen LogP contribution in [0.3, 0.4) is 0 Å². The van der Waals surface area contributed by atoms with E-state index in [-0.39, 0.29) is 11.7 Å². The van der Waals surface area contributed by atoms with E-state index in [1.165, 1.54) is 11.8 Å². The number of nitrogens with zero attached hydrogens (tertiary/aromatic N) is 4. The summed E-state index contributed by atoms with van der Waals surface area (Å²) in [5.41, 5.74) is 1.49. The number of nitrogens with one attached hydrogen (secondary N) is 1. The summed E-state index contributed by atoms with van der Waals surface area (Å²) in [6.45, 7) is 2.53. The number of methoxy groups -OCH3 is 1. The lowest BCUT2D eigenvalue weighted by molar-refractivity contribution is -0.113. The van der Waals surface area contributed by atoms with Gasteiger partial charge in [0.05, 0.1) is 25.2 Å². The minimum Gasteiger partial charge on any atom is -0.497 e. The molecule has 0 radical (unpaired) electrons. The van der Waals surface area contributed by atoms with Crippen molar-refractivity contribution in [3.63, 3.8) is 0 Å². The number of anilines is 1. The first-order valence-corrected chi connectivity index (χ1v) is 9.26. The molecule has 9 heteroatoms. The van der Waals surface area contributed by atoms with E-state index >= 15 is 0 Å². The first kappa shape index (κ1) is 18.7.